The van der Waals surface area contributed by atoms with Crippen LogP contribution in [0.1, 0.15) is 426 Å². The second-order valence-electron chi connectivity index (χ2n) is 28.5. The van der Waals surface area contributed by atoms with E-state index in [0.717, 1.165) is 89.9 Å². The summed E-state index contributed by atoms with van der Waals surface area (Å²) in [5, 5.41) is 10.6. The second kappa shape index (κ2) is 73.4. The van der Waals surface area contributed by atoms with Crippen LogP contribution in [0.3, 0.4) is 0 Å². The second-order valence-corrected chi connectivity index (χ2v) is 31.4. The quantitative estimate of drug-likeness (QED) is 0.0222. The summed E-state index contributed by atoms with van der Waals surface area (Å²) < 4.78 is 68.6. The molecule has 0 aromatic rings. The molecule has 0 heterocycles. The third-order valence-electron chi connectivity index (χ3n) is 18.6. The molecule has 17 nitrogen and oxygen atoms in total. The van der Waals surface area contributed by atoms with Crippen molar-refractivity contribution in [2.75, 3.05) is 39.6 Å². The van der Waals surface area contributed by atoms with Crippen molar-refractivity contribution in [3.05, 3.63) is 0 Å². The van der Waals surface area contributed by atoms with Crippen molar-refractivity contribution in [3.63, 3.8) is 0 Å². The fourth-order valence-electron chi connectivity index (χ4n) is 12.3. The van der Waals surface area contributed by atoms with E-state index in [4.69, 9.17) is 37.0 Å². The lowest BCUT2D eigenvalue weighted by Gasteiger charge is -2.21. The Kier molecular flexibility index (Phi) is 71.9. The molecule has 0 rings (SSSR count). The van der Waals surface area contributed by atoms with Gasteiger partial charge in [0.25, 0.3) is 0 Å². The molecule has 19 heteroatoms. The van der Waals surface area contributed by atoms with Crippen LogP contribution in [0.5, 0.6) is 0 Å². The highest BCUT2D eigenvalue weighted by Crippen LogP contribution is 2.45. The summed E-state index contributed by atoms with van der Waals surface area (Å²) in [4.78, 5) is 72.8. The Balaban J connectivity index is 5.18. The average molecular weight is 1440 g/mol. The number of unbranched alkanes of at least 4 members (excludes halogenated alkanes) is 54. The summed E-state index contributed by atoms with van der Waals surface area (Å²) in [5.41, 5.74) is 0. The van der Waals surface area contributed by atoms with E-state index in [-0.39, 0.29) is 25.7 Å². The minimum absolute atomic E-state index is 0.108. The number of phosphoric ester groups is 2. The van der Waals surface area contributed by atoms with E-state index in [9.17, 15) is 43.2 Å². The van der Waals surface area contributed by atoms with Crippen molar-refractivity contribution in [2.45, 2.75) is 444 Å². The molecule has 0 aliphatic rings. The largest absolute Gasteiger partial charge is 0.472 e. The topological polar surface area (TPSA) is 237 Å². The highest BCUT2D eigenvalue weighted by atomic mass is 31.2. The van der Waals surface area contributed by atoms with Crippen LogP contribution in [0.4, 0.5) is 0 Å². The van der Waals surface area contributed by atoms with Crippen molar-refractivity contribution in [1.82, 2.24) is 0 Å². The fourth-order valence-corrected chi connectivity index (χ4v) is 13.9. The minimum atomic E-state index is -4.96. The molecule has 582 valence electrons. The Morgan fingerprint density at radius 1 is 0.245 bits per heavy atom. The SMILES string of the molecule is CCCCCCCCCCCCCCCCCCCCCC(=O)OC[C@H](COP(=O)(O)OC[C@@H](O)COP(=O)(O)OC[C@@H](COC(=O)CCCCCCCCCC)OC(=O)CCCCCCCCCCCCCC)OC(=O)CCCCCCCCCCCCCCCCCCCCC. The molecule has 0 radical (unpaired) electrons. The lowest BCUT2D eigenvalue weighted by Crippen LogP contribution is -2.30. The van der Waals surface area contributed by atoms with Gasteiger partial charge in [-0.2, -0.15) is 0 Å². The van der Waals surface area contributed by atoms with Gasteiger partial charge in [-0.25, -0.2) is 9.13 Å². The van der Waals surface area contributed by atoms with Gasteiger partial charge in [-0.1, -0.05) is 374 Å². The van der Waals surface area contributed by atoms with E-state index in [2.05, 4.69) is 27.7 Å². The van der Waals surface area contributed by atoms with Crippen LogP contribution in [-0.2, 0) is 65.4 Å². The number of carbonyl (C=O) groups excluding carboxylic acids is 4. The molecule has 0 spiro atoms. The zero-order valence-electron chi connectivity index (χ0n) is 63.8. The van der Waals surface area contributed by atoms with Gasteiger partial charge in [0.15, 0.2) is 12.2 Å². The Bertz CT molecular complexity index is 1860. The fraction of sp³-hybridized carbons (Fsp3) is 0.949. The number of phosphoric acid groups is 2. The van der Waals surface area contributed by atoms with Gasteiger partial charge in [-0.05, 0) is 25.7 Å². The van der Waals surface area contributed by atoms with Crippen molar-refractivity contribution in [1.29, 1.82) is 0 Å². The summed E-state index contributed by atoms with van der Waals surface area (Å²) in [6, 6.07) is 0. The predicted molar refractivity (Wildman–Crippen MR) is 400 cm³/mol. The molecule has 0 aromatic carbocycles. The predicted octanol–water partition coefficient (Wildman–Crippen LogP) is 23.8. The van der Waals surface area contributed by atoms with Crippen molar-refractivity contribution < 1.29 is 80.2 Å². The number of aliphatic hydroxyl groups is 1. The zero-order valence-corrected chi connectivity index (χ0v) is 65.6. The maximum absolute atomic E-state index is 13.1. The summed E-state index contributed by atoms with van der Waals surface area (Å²) in [5.74, 6) is -2.11. The number of ether oxygens (including phenoxy) is 4. The molecule has 0 amide bonds. The third kappa shape index (κ3) is 72.4. The maximum Gasteiger partial charge on any atom is 0.472 e. The summed E-state index contributed by atoms with van der Waals surface area (Å²) in [7, 11) is -9.91. The minimum Gasteiger partial charge on any atom is -0.462 e. The van der Waals surface area contributed by atoms with E-state index in [1.807, 2.05) is 0 Å². The van der Waals surface area contributed by atoms with Gasteiger partial charge < -0.3 is 33.8 Å². The molecule has 0 aromatic heterocycles. The van der Waals surface area contributed by atoms with E-state index in [0.29, 0.717) is 25.7 Å². The highest BCUT2D eigenvalue weighted by Gasteiger charge is 2.30. The first-order chi connectivity index (χ1) is 47.7. The van der Waals surface area contributed by atoms with Gasteiger partial charge in [-0.3, -0.25) is 37.3 Å². The average Bonchev–Trinajstić information content (AvgIpc) is 1.24. The number of rotatable bonds is 80. The van der Waals surface area contributed by atoms with Crippen LogP contribution in [-0.4, -0.2) is 96.7 Å². The molecular formula is C79H154O17P2. The number of hydrogen-bond donors (Lipinski definition) is 3. The monoisotopic (exact) mass is 1440 g/mol. The Morgan fingerprint density at radius 3 is 0.602 bits per heavy atom. The summed E-state index contributed by atoms with van der Waals surface area (Å²) >= 11 is 0. The van der Waals surface area contributed by atoms with Gasteiger partial charge in [-0.15, -0.1) is 0 Å². The molecule has 0 aliphatic carbocycles. The van der Waals surface area contributed by atoms with E-state index >= 15 is 0 Å². The number of hydrogen-bond acceptors (Lipinski definition) is 15. The van der Waals surface area contributed by atoms with Crippen LogP contribution in [0.25, 0.3) is 0 Å². The first-order valence-corrected chi connectivity index (χ1v) is 44.3. The van der Waals surface area contributed by atoms with Crippen LogP contribution in [0.2, 0.25) is 0 Å². The summed E-state index contributed by atoms with van der Waals surface area (Å²) in [6.45, 7) is 4.98. The lowest BCUT2D eigenvalue weighted by molar-refractivity contribution is -0.161. The van der Waals surface area contributed by atoms with Gasteiger partial charge in [0.1, 0.15) is 19.3 Å². The molecule has 3 N–H and O–H groups in total. The van der Waals surface area contributed by atoms with Crippen LogP contribution >= 0.6 is 15.6 Å². The molecule has 98 heavy (non-hydrogen) atoms. The maximum atomic E-state index is 13.1. The van der Waals surface area contributed by atoms with Crippen LogP contribution < -0.4 is 0 Å². The lowest BCUT2D eigenvalue weighted by atomic mass is 10.0. The highest BCUT2D eigenvalue weighted by molar-refractivity contribution is 7.47. The van der Waals surface area contributed by atoms with Crippen molar-refractivity contribution >= 4 is 39.5 Å². The van der Waals surface area contributed by atoms with E-state index in [1.54, 1.807) is 0 Å². The molecule has 0 saturated heterocycles. The van der Waals surface area contributed by atoms with Crippen LogP contribution in [0, 0.1) is 0 Å². The van der Waals surface area contributed by atoms with Gasteiger partial charge in [0.05, 0.1) is 26.4 Å². The van der Waals surface area contributed by atoms with E-state index < -0.39 is 97.5 Å². The standard InChI is InChI=1S/C79H154O17P2/c1-5-9-13-17-21-25-28-31-33-35-37-39-41-43-46-48-52-56-60-64-77(82)90-70-75(96-79(84)66-62-58-54-50-47-44-42-40-38-36-34-32-29-26-22-18-14-10-6-2)72-94-98(87,88)92-68-73(80)67-91-97(85,86)93-71-74(69-89-76(81)63-59-55-51-24-20-16-12-8-4)95-78(83)65-61-57-53-49-45-30-27-23-19-15-11-7-3/h73-75,80H,5-72H2,1-4H3,(H,85,86)(H,87,88)/t73-,74+,75+/m0/s1. The van der Waals surface area contributed by atoms with Gasteiger partial charge >= 0.3 is 39.5 Å². The molecule has 2 unspecified atom stereocenters. The molecule has 0 bridgehead atoms. The molecular weight excluding hydrogens is 1280 g/mol. The molecule has 0 aliphatic heterocycles. The van der Waals surface area contributed by atoms with Gasteiger partial charge in [0.2, 0.25) is 0 Å². The Hall–Kier alpha value is -1.94. The Labute approximate surface area is 600 Å². The zero-order chi connectivity index (χ0) is 71.8. The third-order valence-corrected chi connectivity index (χ3v) is 20.5. The van der Waals surface area contributed by atoms with Crippen molar-refractivity contribution in [2.24, 2.45) is 0 Å². The molecule has 5 atom stereocenters. The van der Waals surface area contributed by atoms with Crippen molar-refractivity contribution in [3.8, 4) is 0 Å². The molecule has 0 fully saturated rings. The Morgan fingerprint density at radius 2 is 0.408 bits per heavy atom. The van der Waals surface area contributed by atoms with Gasteiger partial charge in [0, 0.05) is 25.7 Å². The summed E-state index contributed by atoms with van der Waals surface area (Å²) in [6.07, 6.45) is 65.3. The van der Waals surface area contributed by atoms with Crippen LogP contribution in [0.15, 0.2) is 0 Å². The smallest absolute Gasteiger partial charge is 0.462 e. The first kappa shape index (κ1) is 96.1. The number of carbonyl (C=O) groups is 4. The molecule has 0 saturated carbocycles. The number of aliphatic hydroxyl groups excluding tert-OH is 1. The number of esters is 4. The van der Waals surface area contributed by atoms with E-state index in [1.165, 1.54) is 257 Å². The normalized spacial score (nSPS) is 13.8. The first-order valence-electron chi connectivity index (χ1n) is 41.3.